The van der Waals surface area contributed by atoms with Crippen LogP contribution in [0.2, 0.25) is 0 Å². The molecule has 0 fully saturated rings. The smallest absolute Gasteiger partial charge is 0.259 e. The first kappa shape index (κ1) is 12.4. The van der Waals surface area contributed by atoms with Crippen molar-refractivity contribution in [3.8, 4) is 0 Å². The summed E-state index contributed by atoms with van der Waals surface area (Å²) >= 11 is 0. The summed E-state index contributed by atoms with van der Waals surface area (Å²) in [5.41, 5.74) is 8.09. The first-order chi connectivity index (χ1) is 8.58. The molecule has 1 aromatic carbocycles. The highest BCUT2D eigenvalue weighted by Gasteiger charge is 2.11. The number of hydrogen-bond donors (Lipinski definition) is 2. The van der Waals surface area contributed by atoms with Crippen LogP contribution < -0.4 is 11.1 Å². The molecule has 0 aliphatic carbocycles. The van der Waals surface area contributed by atoms with Gasteiger partial charge in [-0.3, -0.25) is 4.79 Å². The maximum atomic E-state index is 11.9. The van der Waals surface area contributed by atoms with Crippen LogP contribution in [0.15, 0.2) is 41.0 Å². The molecule has 4 nitrogen and oxygen atoms in total. The molecule has 0 aliphatic rings. The number of nitrogens with one attached hydrogen (secondary N) is 1. The Hall–Kier alpha value is -2.07. The lowest BCUT2D eigenvalue weighted by molar-refractivity contribution is 0.102. The fraction of sp³-hybridized carbons (Fsp3) is 0.214. The maximum absolute atomic E-state index is 11.9. The zero-order chi connectivity index (χ0) is 13.1. The van der Waals surface area contributed by atoms with Crippen molar-refractivity contribution in [2.75, 3.05) is 5.32 Å². The average molecular weight is 244 g/mol. The highest BCUT2D eigenvalue weighted by atomic mass is 16.3. The number of anilines is 1. The van der Waals surface area contributed by atoms with Gasteiger partial charge in [0.1, 0.15) is 5.76 Å². The zero-order valence-corrected chi connectivity index (χ0v) is 10.4. The Kier molecular flexibility index (Phi) is 3.48. The van der Waals surface area contributed by atoms with E-state index in [1.807, 2.05) is 31.2 Å². The van der Waals surface area contributed by atoms with E-state index in [4.69, 9.17) is 10.2 Å². The molecule has 1 aromatic heterocycles. The van der Waals surface area contributed by atoms with Crippen LogP contribution in [0.25, 0.3) is 0 Å². The van der Waals surface area contributed by atoms with E-state index in [9.17, 15) is 4.79 Å². The Balaban J connectivity index is 2.10. The van der Waals surface area contributed by atoms with Gasteiger partial charge in [0.2, 0.25) is 0 Å². The van der Waals surface area contributed by atoms with Crippen LogP contribution in [0.3, 0.4) is 0 Å². The van der Waals surface area contributed by atoms with Crippen LogP contribution >= 0.6 is 0 Å². The number of aryl methyl sites for hydroxylation is 1. The molecule has 0 bridgehead atoms. The van der Waals surface area contributed by atoms with Crippen molar-refractivity contribution < 1.29 is 9.21 Å². The minimum atomic E-state index is -0.171. The van der Waals surface area contributed by atoms with Gasteiger partial charge in [0, 0.05) is 11.7 Å². The molecule has 0 aliphatic heterocycles. The molecular weight excluding hydrogens is 228 g/mol. The summed E-state index contributed by atoms with van der Waals surface area (Å²) in [6.07, 6.45) is 1.50. The quantitative estimate of drug-likeness (QED) is 0.872. The van der Waals surface area contributed by atoms with Gasteiger partial charge in [-0.2, -0.15) is 0 Å². The van der Waals surface area contributed by atoms with Gasteiger partial charge in [0.15, 0.2) is 0 Å². The van der Waals surface area contributed by atoms with E-state index in [1.54, 1.807) is 13.0 Å². The largest absolute Gasteiger partial charge is 0.469 e. The second-order valence-corrected chi connectivity index (χ2v) is 4.26. The number of benzene rings is 1. The van der Waals surface area contributed by atoms with E-state index in [0.29, 0.717) is 11.3 Å². The third kappa shape index (κ3) is 2.60. The predicted octanol–water partition coefficient (Wildman–Crippen LogP) is 2.86. The molecule has 2 rings (SSSR count). The highest BCUT2D eigenvalue weighted by Crippen LogP contribution is 2.16. The van der Waals surface area contributed by atoms with Crippen molar-refractivity contribution in [2.45, 2.75) is 19.9 Å². The summed E-state index contributed by atoms with van der Waals surface area (Å²) in [6.45, 7) is 3.68. The molecule has 1 unspecified atom stereocenters. The summed E-state index contributed by atoms with van der Waals surface area (Å²) in [6, 6.07) is 9.13. The molecule has 18 heavy (non-hydrogen) atoms. The molecule has 0 saturated carbocycles. The van der Waals surface area contributed by atoms with E-state index in [2.05, 4.69) is 5.32 Å². The number of carbonyl (C=O) groups is 1. The van der Waals surface area contributed by atoms with Gasteiger partial charge in [-0.1, -0.05) is 12.1 Å². The molecule has 0 saturated heterocycles. The Bertz CT molecular complexity index is 541. The summed E-state index contributed by atoms with van der Waals surface area (Å²) in [7, 11) is 0. The van der Waals surface area contributed by atoms with E-state index >= 15 is 0 Å². The van der Waals surface area contributed by atoms with Crippen molar-refractivity contribution in [3.63, 3.8) is 0 Å². The van der Waals surface area contributed by atoms with E-state index in [0.717, 1.165) is 11.3 Å². The second-order valence-electron chi connectivity index (χ2n) is 4.26. The molecule has 1 atom stereocenters. The van der Waals surface area contributed by atoms with Crippen LogP contribution in [-0.4, -0.2) is 5.91 Å². The van der Waals surface area contributed by atoms with Crippen LogP contribution in [0, 0.1) is 6.92 Å². The van der Waals surface area contributed by atoms with Crippen LogP contribution in [0.4, 0.5) is 5.69 Å². The van der Waals surface area contributed by atoms with Crippen molar-refractivity contribution >= 4 is 11.6 Å². The molecular formula is C14H16N2O2. The third-order valence-electron chi connectivity index (χ3n) is 2.80. The molecule has 1 heterocycles. The van der Waals surface area contributed by atoms with E-state index in [1.165, 1.54) is 6.26 Å². The molecule has 94 valence electrons. The zero-order valence-electron chi connectivity index (χ0n) is 10.4. The Labute approximate surface area is 106 Å². The molecule has 1 amide bonds. The Morgan fingerprint density at radius 2 is 1.94 bits per heavy atom. The first-order valence-corrected chi connectivity index (χ1v) is 5.79. The number of amides is 1. The van der Waals surface area contributed by atoms with Crippen LogP contribution in [0.1, 0.15) is 34.6 Å². The van der Waals surface area contributed by atoms with Crippen LogP contribution in [0.5, 0.6) is 0 Å². The van der Waals surface area contributed by atoms with Gasteiger partial charge >= 0.3 is 0 Å². The standard InChI is InChI=1S/C14H16N2O2/c1-9(15)11-3-5-12(6-4-11)16-14(17)13-7-8-18-10(13)2/h3-9H,15H2,1-2H3,(H,16,17). The third-order valence-corrected chi connectivity index (χ3v) is 2.80. The first-order valence-electron chi connectivity index (χ1n) is 5.79. The minimum Gasteiger partial charge on any atom is -0.469 e. The van der Waals surface area contributed by atoms with Gasteiger partial charge < -0.3 is 15.5 Å². The van der Waals surface area contributed by atoms with Crippen molar-refractivity contribution in [1.29, 1.82) is 0 Å². The van der Waals surface area contributed by atoms with Gasteiger partial charge in [-0.25, -0.2) is 0 Å². The molecule has 4 heteroatoms. The minimum absolute atomic E-state index is 0.00845. The number of hydrogen-bond acceptors (Lipinski definition) is 3. The van der Waals surface area contributed by atoms with Gasteiger partial charge in [0.25, 0.3) is 5.91 Å². The fourth-order valence-corrected chi connectivity index (χ4v) is 1.69. The van der Waals surface area contributed by atoms with Gasteiger partial charge in [-0.15, -0.1) is 0 Å². The average Bonchev–Trinajstić information content (AvgIpc) is 2.76. The molecule has 0 spiro atoms. The Morgan fingerprint density at radius 3 is 2.44 bits per heavy atom. The SMILES string of the molecule is Cc1occc1C(=O)Nc1ccc(C(C)N)cc1. The van der Waals surface area contributed by atoms with Crippen molar-refractivity contribution in [3.05, 3.63) is 53.5 Å². The second kappa shape index (κ2) is 5.06. The topological polar surface area (TPSA) is 68.3 Å². The highest BCUT2D eigenvalue weighted by molar-refractivity contribution is 6.04. The number of furan rings is 1. The number of carbonyl (C=O) groups excluding carboxylic acids is 1. The van der Waals surface area contributed by atoms with Gasteiger partial charge in [0.05, 0.1) is 11.8 Å². The number of rotatable bonds is 3. The van der Waals surface area contributed by atoms with Crippen molar-refractivity contribution in [1.82, 2.24) is 0 Å². The lowest BCUT2D eigenvalue weighted by Gasteiger charge is -2.08. The summed E-state index contributed by atoms with van der Waals surface area (Å²) in [5.74, 6) is 0.439. The maximum Gasteiger partial charge on any atom is 0.259 e. The molecule has 3 N–H and O–H groups in total. The Morgan fingerprint density at radius 1 is 1.28 bits per heavy atom. The van der Waals surface area contributed by atoms with Gasteiger partial charge in [-0.05, 0) is 37.6 Å². The number of nitrogens with two attached hydrogens (primary N) is 1. The molecule has 2 aromatic rings. The van der Waals surface area contributed by atoms with E-state index in [-0.39, 0.29) is 11.9 Å². The summed E-state index contributed by atoms with van der Waals surface area (Å²) < 4.78 is 5.10. The normalized spacial score (nSPS) is 12.2. The summed E-state index contributed by atoms with van der Waals surface area (Å²) in [5, 5.41) is 2.81. The van der Waals surface area contributed by atoms with Crippen LogP contribution in [-0.2, 0) is 0 Å². The lowest BCUT2D eigenvalue weighted by Crippen LogP contribution is -2.12. The lowest BCUT2D eigenvalue weighted by atomic mass is 10.1. The fourth-order valence-electron chi connectivity index (χ4n) is 1.69. The van der Waals surface area contributed by atoms with E-state index < -0.39 is 0 Å². The predicted molar refractivity (Wildman–Crippen MR) is 70.4 cm³/mol. The van der Waals surface area contributed by atoms with Crippen molar-refractivity contribution in [2.24, 2.45) is 5.73 Å². The monoisotopic (exact) mass is 244 g/mol. The molecule has 0 radical (unpaired) electrons. The summed E-state index contributed by atoms with van der Waals surface area (Å²) in [4.78, 5) is 11.9.